The first kappa shape index (κ1) is 13.3. The van der Waals surface area contributed by atoms with Gasteiger partial charge in [-0.3, -0.25) is 4.79 Å². The lowest BCUT2D eigenvalue weighted by Crippen LogP contribution is -2.32. The molecule has 3 heteroatoms. The molecule has 1 atom stereocenters. The van der Waals surface area contributed by atoms with E-state index in [0.29, 0.717) is 6.42 Å². The van der Waals surface area contributed by atoms with E-state index in [2.05, 4.69) is 0 Å². The van der Waals surface area contributed by atoms with Gasteiger partial charge in [0, 0.05) is 5.92 Å². The van der Waals surface area contributed by atoms with Crippen LogP contribution in [0.4, 0.5) is 0 Å². The molecule has 3 N–H and O–H groups in total. The van der Waals surface area contributed by atoms with Crippen molar-refractivity contribution < 1.29 is 9.90 Å². The van der Waals surface area contributed by atoms with Gasteiger partial charge in [-0.05, 0) is 17.5 Å². The van der Waals surface area contributed by atoms with Crippen LogP contribution in [0.3, 0.4) is 0 Å². The van der Waals surface area contributed by atoms with Crippen LogP contribution in [-0.2, 0) is 4.79 Å². The molecule has 0 radical (unpaired) electrons. The fourth-order valence-corrected chi connectivity index (χ4v) is 2.19. The van der Waals surface area contributed by atoms with E-state index in [1.165, 1.54) is 0 Å². The average molecular weight is 255 g/mol. The second-order valence-corrected chi connectivity index (χ2v) is 4.55. The van der Waals surface area contributed by atoms with Gasteiger partial charge in [-0.2, -0.15) is 0 Å². The Morgan fingerprint density at radius 2 is 1.37 bits per heavy atom. The molecule has 0 unspecified atom stereocenters. The van der Waals surface area contributed by atoms with E-state index in [-0.39, 0.29) is 5.92 Å². The fraction of sp³-hybridized carbons (Fsp3) is 0.188. The van der Waals surface area contributed by atoms with Crippen LogP contribution in [0, 0.1) is 0 Å². The Hall–Kier alpha value is -2.13. The van der Waals surface area contributed by atoms with Gasteiger partial charge < -0.3 is 10.8 Å². The highest BCUT2D eigenvalue weighted by atomic mass is 16.4. The highest BCUT2D eigenvalue weighted by molar-refractivity contribution is 5.73. The number of hydrogen-bond acceptors (Lipinski definition) is 2. The molecule has 2 rings (SSSR count). The maximum Gasteiger partial charge on any atom is 0.320 e. The molecular formula is C16H17NO2. The Bertz CT molecular complexity index is 485. The molecule has 98 valence electrons. The van der Waals surface area contributed by atoms with Crippen LogP contribution in [-0.4, -0.2) is 17.1 Å². The van der Waals surface area contributed by atoms with Crippen molar-refractivity contribution in [3.63, 3.8) is 0 Å². The number of rotatable bonds is 5. The van der Waals surface area contributed by atoms with E-state index < -0.39 is 12.0 Å². The zero-order chi connectivity index (χ0) is 13.7. The number of nitrogens with two attached hydrogens (primary N) is 1. The minimum Gasteiger partial charge on any atom is -0.480 e. The second-order valence-electron chi connectivity index (χ2n) is 4.55. The molecule has 2 aromatic carbocycles. The summed E-state index contributed by atoms with van der Waals surface area (Å²) in [5, 5.41) is 9.00. The molecule has 0 bridgehead atoms. The van der Waals surface area contributed by atoms with Gasteiger partial charge in [0.05, 0.1) is 0 Å². The minimum atomic E-state index is -0.961. The molecule has 0 spiro atoms. The van der Waals surface area contributed by atoms with Crippen LogP contribution in [0.2, 0.25) is 0 Å². The number of benzene rings is 2. The summed E-state index contributed by atoms with van der Waals surface area (Å²) in [7, 11) is 0. The molecular weight excluding hydrogens is 238 g/mol. The lowest BCUT2D eigenvalue weighted by atomic mass is 9.86. The van der Waals surface area contributed by atoms with E-state index in [9.17, 15) is 4.79 Å². The predicted octanol–water partition coefficient (Wildman–Crippen LogP) is 2.62. The van der Waals surface area contributed by atoms with Gasteiger partial charge in [-0.1, -0.05) is 60.7 Å². The van der Waals surface area contributed by atoms with Crippen molar-refractivity contribution in [1.29, 1.82) is 0 Å². The summed E-state index contributed by atoms with van der Waals surface area (Å²) in [5.74, 6) is -0.953. The second kappa shape index (κ2) is 6.16. The van der Waals surface area contributed by atoms with E-state index in [4.69, 9.17) is 10.8 Å². The van der Waals surface area contributed by atoms with Crippen molar-refractivity contribution in [3.8, 4) is 0 Å². The summed E-state index contributed by atoms with van der Waals surface area (Å²) in [4.78, 5) is 11.0. The Labute approximate surface area is 112 Å². The van der Waals surface area contributed by atoms with E-state index in [1.54, 1.807) is 0 Å². The maximum atomic E-state index is 11.0. The van der Waals surface area contributed by atoms with Crippen LogP contribution in [0.15, 0.2) is 60.7 Å². The van der Waals surface area contributed by atoms with Crippen molar-refractivity contribution in [3.05, 3.63) is 71.8 Å². The van der Waals surface area contributed by atoms with Crippen molar-refractivity contribution in [2.75, 3.05) is 0 Å². The van der Waals surface area contributed by atoms with Gasteiger partial charge in [0.15, 0.2) is 0 Å². The Kier molecular flexibility index (Phi) is 4.31. The first-order chi connectivity index (χ1) is 9.18. The molecule has 2 aromatic rings. The molecule has 0 aliphatic rings. The van der Waals surface area contributed by atoms with Gasteiger partial charge in [0.25, 0.3) is 0 Å². The van der Waals surface area contributed by atoms with Gasteiger partial charge in [-0.15, -0.1) is 0 Å². The summed E-state index contributed by atoms with van der Waals surface area (Å²) in [5.41, 5.74) is 7.87. The van der Waals surface area contributed by atoms with Gasteiger partial charge in [0.2, 0.25) is 0 Å². The summed E-state index contributed by atoms with van der Waals surface area (Å²) in [6.45, 7) is 0. The van der Waals surface area contributed by atoms with Crippen molar-refractivity contribution in [2.24, 2.45) is 5.73 Å². The molecule has 0 amide bonds. The first-order valence-corrected chi connectivity index (χ1v) is 6.26. The number of carbonyl (C=O) groups is 1. The quantitative estimate of drug-likeness (QED) is 0.863. The Balaban J connectivity index is 2.32. The maximum absolute atomic E-state index is 11.0. The van der Waals surface area contributed by atoms with Crippen LogP contribution >= 0.6 is 0 Å². The van der Waals surface area contributed by atoms with E-state index in [1.807, 2.05) is 60.7 Å². The number of hydrogen-bond donors (Lipinski definition) is 2. The lowest BCUT2D eigenvalue weighted by molar-refractivity contribution is -0.138. The normalized spacial score (nSPS) is 12.3. The van der Waals surface area contributed by atoms with Crippen molar-refractivity contribution >= 4 is 5.97 Å². The monoisotopic (exact) mass is 255 g/mol. The number of carboxylic acids is 1. The van der Waals surface area contributed by atoms with Crippen molar-refractivity contribution in [2.45, 2.75) is 18.4 Å². The average Bonchev–Trinajstić information content (AvgIpc) is 2.46. The zero-order valence-electron chi connectivity index (χ0n) is 10.6. The molecule has 3 nitrogen and oxygen atoms in total. The Morgan fingerprint density at radius 1 is 0.947 bits per heavy atom. The SMILES string of the molecule is N[C@@H](CC(c1ccccc1)c1ccccc1)C(=O)O. The highest BCUT2D eigenvalue weighted by Crippen LogP contribution is 2.28. The standard InChI is InChI=1S/C16H17NO2/c17-15(16(18)19)11-14(12-7-3-1-4-8-12)13-9-5-2-6-10-13/h1-10,14-15H,11,17H2,(H,18,19)/t15-/m0/s1. The molecule has 0 heterocycles. The van der Waals surface area contributed by atoms with Crippen LogP contribution in [0.25, 0.3) is 0 Å². The fourth-order valence-electron chi connectivity index (χ4n) is 2.19. The first-order valence-electron chi connectivity index (χ1n) is 6.26. The number of aliphatic carboxylic acids is 1. The van der Waals surface area contributed by atoms with E-state index in [0.717, 1.165) is 11.1 Å². The molecule has 0 fully saturated rings. The number of carboxylic acid groups (broad SMARTS) is 1. The third-order valence-electron chi connectivity index (χ3n) is 3.21. The topological polar surface area (TPSA) is 63.3 Å². The summed E-state index contributed by atoms with van der Waals surface area (Å²) >= 11 is 0. The van der Waals surface area contributed by atoms with Crippen LogP contribution in [0.5, 0.6) is 0 Å². The third-order valence-corrected chi connectivity index (χ3v) is 3.21. The summed E-state index contributed by atoms with van der Waals surface area (Å²) in [6.07, 6.45) is 0.392. The summed E-state index contributed by atoms with van der Waals surface area (Å²) in [6, 6.07) is 18.9. The van der Waals surface area contributed by atoms with Gasteiger partial charge in [-0.25, -0.2) is 0 Å². The largest absolute Gasteiger partial charge is 0.480 e. The minimum absolute atomic E-state index is 0.00787. The molecule has 0 saturated heterocycles. The predicted molar refractivity (Wildman–Crippen MR) is 75.0 cm³/mol. The van der Waals surface area contributed by atoms with Crippen LogP contribution in [0.1, 0.15) is 23.5 Å². The molecule has 0 aromatic heterocycles. The van der Waals surface area contributed by atoms with E-state index >= 15 is 0 Å². The van der Waals surface area contributed by atoms with Gasteiger partial charge in [0.1, 0.15) is 6.04 Å². The highest BCUT2D eigenvalue weighted by Gasteiger charge is 2.21. The van der Waals surface area contributed by atoms with Crippen molar-refractivity contribution in [1.82, 2.24) is 0 Å². The Morgan fingerprint density at radius 3 is 1.74 bits per heavy atom. The molecule has 19 heavy (non-hydrogen) atoms. The molecule has 0 aliphatic carbocycles. The molecule has 0 aliphatic heterocycles. The smallest absolute Gasteiger partial charge is 0.320 e. The van der Waals surface area contributed by atoms with Crippen LogP contribution < -0.4 is 5.73 Å². The molecule has 0 saturated carbocycles. The summed E-state index contributed by atoms with van der Waals surface area (Å²) < 4.78 is 0. The third kappa shape index (κ3) is 3.42. The zero-order valence-corrected chi connectivity index (χ0v) is 10.6. The lowest BCUT2D eigenvalue weighted by Gasteiger charge is -2.20. The van der Waals surface area contributed by atoms with Gasteiger partial charge >= 0.3 is 5.97 Å².